The molecule has 1 aromatic heterocycles. The summed E-state index contributed by atoms with van der Waals surface area (Å²) in [5, 5.41) is 13.5. The van der Waals surface area contributed by atoms with Crippen molar-refractivity contribution in [3.63, 3.8) is 0 Å². The number of pyridine rings is 1. The van der Waals surface area contributed by atoms with Crippen molar-refractivity contribution in [3.05, 3.63) is 22.4 Å². The highest BCUT2D eigenvalue weighted by Gasteiger charge is 2.32. The fraction of sp³-hybridized carbons (Fsp3) is 0.571. The number of rotatable bonds is 3. The number of hydrogen-bond donors (Lipinski definition) is 2. The number of aliphatic hydroxyl groups is 1. The van der Waals surface area contributed by atoms with E-state index in [4.69, 9.17) is 23.2 Å². The molecule has 116 valence electrons. The van der Waals surface area contributed by atoms with Crippen LogP contribution in [0.4, 0.5) is 10.5 Å². The number of carbonyl (C=O) groups is 1. The minimum Gasteiger partial charge on any atom is -0.390 e. The fourth-order valence-electron chi connectivity index (χ4n) is 2.58. The number of nitrogens with one attached hydrogen (secondary N) is 1. The number of nitrogens with zero attached hydrogens (tertiary/aromatic N) is 2. The lowest BCUT2D eigenvalue weighted by atomic mass is 9.87. The van der Waals surface area contributed by atoms with Gasteiger partial charge in [0, 0.05) is 18.8 Å². The van der Waals surface area contributed by atoms with Crippen LogP contribution >= 0.6 is 23.2 Å². The molecule has 7 heteroatoms. The van der Waals surface area contributed by atoms with Crippen LogP contribution in [0.25, 0.3) is 0 Å². The minimum absolute atomic E-state index is 0.216. The third-order valence-electron chi connectivity index (χ3n) is 3.71. The summed E-state index contributed by atoms with van der Waals surface area (Å²) in [5.74, 6) is 0. The first-order valence-corrected chi connectivity index (χ1v) is 7.79. The molecule has 2 amide bonds. The van der Waals surface area contributed by atoms with E-state index in [0.717, 1.165) is 12.8 Å². The predicted molar refractivity (Wildman–Crippen MR) is 83.9 cm³/mol. The Morgan fingerprint density at radius 1 is 1.38 bits per heavy atom. The average molecular weight is 332 g/mol. The van der Waals surface area contributed by atoms with Crippen molar-refractivity contribution >= 4 is 34.9 Å². The summed E-state index contributed by atoms with van der Waals surface area (Å²) in [6.45, 7) is 3.12. The molecule has 21 heavy (non-hydrogen) atoms. The van der Waals surface area contributed by atoms with Crippen LogP contribution in [-0.2, 0) is 0 Å². The Labute approximate surface area is 134 Å². The van der Waals surface area contributed by atoms with Crippen molar-refractivity contribution in [2.75, 3.05) is 18.4 Å². The molecular formula is C14H19Cl2N3O2. The largest absolute Gasteiger partial charge is 0.390 e. The lowest BCUT2D eigenvalue weighted by Crippen LogP contribution is -2.47. The van der Waals surface area contributed by atoms with Gasteiger partial charge in [-0.15, -0.1) is 0 Å². The molecule has 0 bridgehead atoms. The Hall–Kier alpha value is -1.04. The number of anilines is 1. The van der Waals surface area contributed by atoms with Crippen molar-refractivity contribution < 1.29 is 9.90 Å². The lowest BCUT2D eigenvalue weighted by Gasteiger charge is -2.38. The van der Waals surface area contributed by atoms with Gasteiger partial charge in [0.1, 0.15) is 10.3 Å². The average Bonchev–Trinajstić information content (AvgIpc) is 2.38. The second kappa shape index (κ2) is 6.81. The SMILES string of the molecule is CCCC1(O)CCN(C(=O)Nc2cc(Cl)nc(Cl)c2)CC1. The van der Waals surface area contributed by atoms with E-state index >= 15 is 0 Å². The van der Waals surface area contributed by atoms with Crippen LogP contribution < -0.4 is 5.32 Å². The van der Waals surface area contributed by atoms with Gasteiger partial charge in [-0.05, 0) is 31.4 Å². The zero-order chi connectivity index (χ0) is 15.5. The van der Waals surface area contributed by atoms with Gasteiger partial charge in [0.05, 0.1) is 5.60 Å². The Kier molecular flexibility index (Phi) is 5.30. The molecule has 2 rings (SSSR count). The van der Waals surface area contributed by atoms with Crippen LogP contribution in [0.2, 0.25) is 10.3 Å². The Morgan fingerprint density at radius 2 is 1.95 bits per heavy atom. The molecule has 1 aliphatic heterocycles. The molecule has 5 nitrogen and oxygen atoms in total. The van der Waals surface area contributed by atoms with Gasteiger partial charge < -0.3 is 15.3 Å². The Balaban J connectivity index is 1.93. The Bertz CT molecular complexity index is 497. The molecule has 1 fully saturated rings. The maximum Gasteiger partial charge on any atom is 0.321 e. The van der Waals surface area contributed by atoms with Gasteiger partial charge in [-0.25, -0.2) is 9.78 Å². The van der Waals surface area contributed by atoms with E-state index in [1.165, 1.54) is 0 Å². The van der Waals surface area contributed by atoms with Gasteiger partial charge >= 0.3 is 6.03 Å². The number of hydrogen-bond acceptors (Lipinski definition) is 3. The number of likely N-dealkylation sites (tertiary alicyclic amines) is 1. The summed E-state index contributed by atoms with van der Waals surface area (Å²) in [7, 11) is 0. The van der Waals surface area contributed by atoms with Gasteiger partial charge in [0.15, 0.2) is 0 Å². The van der Waals surface area contributed by atoms with E-state index in [9.17, 15) is 9.90 Å². The van der Waals surface area contributed by atoms with Gasteiger partial charge in [-0.2, -0.15) is 0 Å². The van der Waals surface area contributed by atoms with Crippen LogP contribution in [0.1, 0.15) is 32.6 Å². The highest BCUT2D eigenvalue weighted by Crippen LogP contribution is 2.27. The van der Waals surface area contributed by atoms with E-state index in [1.54, 1.807) is 17.0 Å². The molecule has 1 aliphatic rings. The zero-order valence-electron chi connectivity index (χ0n) is 11.9. The second-order valence-corrected chi connectivity index (χ2v) is 6.17. The molecular weight excluding hydrogens is 313 g/mol. The van der Waals surface area contributed by atoms with Crippen molar-refractivity contribution in [1.29, 1.82) is 0 Å². The highest BCUT2D eigenvalue weighted by molar-refractivity contribution is 6.32. The molecule has 0 radical (unpaired) electrons. The highest BCUT2D eigenvalue weighted by atomic mass is 35.5. The third-order valence-corrected chi connectivity index (χ3v) is 4.10. The maximum absolute atomic E-state index is 12.2. The minimum atomic E-state index is -0.630. The van der Waals surface area contributed by atoms with Gasteiger partial charge in [0.25, 0.3) is 0 Å². The predicted octanol–water partition coefficient (Wildman–Crippen LogP) is 3.55. The molecule has 1 aromatic rings. The molecule has 0 aliphatic carbocycles. The molecule has 2 N–H and O–H groups in total. The summed E-state index contributed by atoms with van der Waals surface area (Å²) in [5.41, 5.74) is -0.117. The molecule has 0 unspecified atom stereocenters. The van der Waals surface area contributed by atoms with Gasteiger partial charge in [-0.3, -0.25) is 0 Å². The van der Waals surface area contributed by atoms with Crippen LogP contribution in [-0.4, -0.2) is 39.7 Å². The number of carbonyl (C=O) groups excluding carboxylic acids is 1. The number of aromatic nitrogens is 1. The first-order valence-electron chi connectivity index (χ1n) is 7.03. The van der Waals surface area contributed by atoms with Crippen molar-refractivity contribution in [2.45, 2.75) is 38.2 Å². The number of piperidine rings is 1. The van der Waals surface area contributed by atoms with E-state index in [1.807, 2.05) is 6.92 Å². The molecule has 0 spiro atoms. The summed E-state index contributed by atoms with van der Waals surface area (Å²) in [6.07, 6.45) is 2.92. The van der Waals surface area contributed by atoms with Crippen LogP contribution in [0.5, 0.6) is 0 Å². The quantitative estimate of drug-likeness (QED) is 0.832. The first-order chi connectivity index (χ1) is 9.92. The van der Waals surface area contributed by atoms with Crippen LogP contribution in [0.3, 0.4) is 0 Å². The molecule has 0 saturated carbocycles. The number of halogens is 2. The molecule has 2 heterocycles. The summed E-state index contributed by atoms with van der Waals surface area (Å²) >= 11 is 11.6. The number of amides is 2. The molecule has 1 saturated heterocycles. The van der Waals surface area contributed by atoms with Gasteiger partial charge in [-0.1, -0.05) is 36.5 Å². The number of urea groups is 1. The smallest absolute Gasteiger partial charge is 0.321 e. The van der Waals surface area contributed by atoms with E-state index in [2.05, 4.69) is 10.3 Å². The van der Waals surface area contributed by atoms with E-state index in [-0.39, 0.29) is 16.3 Å². The Morgan fingerprint density at radius 3 is 2.48 bits per heavy atom. The van der Waals surface area contributed by atoms with Gasteiger partial charge in [0.2, 0.25) is 0 Å². The molecule has 0 atom stereocenters. The van der Waals surface area contributed by atoms with Crippen LogP contribution in [0, 0.1) is 0 Å². The summed E-state index contributed by atoms with van der Waals surface area (Å²) in [4.78, 5) is 17.7. The maximum atomic E-state index is 12.2. The zero-order valence-corrected chi connectivity index (χ0v) is 13.4. The molecule has 0 aromatic carbocycles. The van der Waals surface area contributed by atoms with Crippen molar-refractivity contribution in [3.8, 4) is 0 Å². The fourth-order valence-corrected chi connectivity index (χ4v) is 3.04. The standard InChI is InChI=1S/C14H19Cl2N3O2/c1-2-3-14(21)4-6-19(7-5-14)13(20)17-10-8-11(15)18-12(16)9-10/h8-9,21H,2-7H2,1H3,(H,17,18,20). The van der Waals surface area contributed by atoms with E-state index < -0.39 is 5.60 Å². The summed E-state index contributed by atoms with van der Waals surface area (Å²) in [6, 6.07) is 2.87. The first kappa shape index (κ1) is 16.3. The summed E-state index contributed by atoms with van der Waals surface area (Å²) < 4.78 is 0. The lowest BCUT2D eigenvalue weighted by molar-refractivity contribution is -0.0183. The third kappa shape index (κ3) is 4.46. The van der Waals surface area contributed by atoms with Crippen LogP contribution in [0.15, 0.2) is 12.1 Å². The van der Waals surface area contributed by atoms with Crippen molar-refractivity contribution in [1.82, 2.24) is 9.88 Å². The topological polar surface area (TPSA) is 65.5 Å². The van der Waals surface area contributed by atoms with Crippen molar-refractivity contribution in [2.24, 2.45) is 0 Å². The second-order valence-electron chi connectivity index (χ2n) is 5.39. The normalized spacial score (nSPS) is 17.6. The monoisotopic (exact) mass is 331 g/mol. The van der Waals surface area contributed by atoms with E-state index in [0.29, 0.717) is 31.6 Å².